The van der Waals surface area contributed by atoms with Crippen molar-refractivity contribution in [1.29, 1.82) is 0 Å². The van der Waals surface area contributed by atoms with E-state index in [0.29, 0.717) is 6.29 Å². The average molecular weight is 159 g/mol. The maximum Gasteiger partial charge on any atom is 0.407 e. The summed E-state index contributed by atoms with van der Waals surface area (Å²) in [5.74, 6) is 0. The van der Waals surface area contributed by atoms with E-state index >= 15 is 0 Å². The lowest BCUT2D eigenvalue weighted by Gasteiger charge is -2.09. The first-order valence-corrected chi connectivity index (χ1v) is 3.58. The number of carbonyl (C=O) groups excluding carboxylic acids is 2. The number of aldehydes is 1. The van der Waals surface area contributed by atoms with E-state index in [-0.39, 0.29) is 12.6 Å². The maximum atomic E-state index is 10.7. The second-order valence-electron chi connectivity index (χ2n) is 2.17. The molecule has 0 aliphatic heterocycles. The van der Waals surface area contributed by atoms with Crippen LogP contribution in [0.25, 0.3) is 0 Å². The lowest BCUT2D eigenvalue weighted by atomic mass is 10.3. The van der Waals surface area contributed by atoms with Crippen LogP contribution >= 0.6 is 0 Å². The predicted octanol–water partition coefficient (Wildman–Crippen LogP) is 0.710. The molecule has 0 rings (SSSR count). The molecule has 0 bridgehead atoms. The van der Waals surface area contributed by atoms with Crippen LogP contribution in [0.15, 0.2) is 0 Å². The van der Waals surface area contributed by atoms with Gasteiger partial charge in [-0.3, -0.25) is 0 Å². The quantitative estimate of drug-likeness (QED) is 0.614. The Hall–Kier alpha value is -1.06. The van der Waals surface area contributed by atoms with Gasteiger partial charge >= 0.3 is 6.09 Å². The van der Waals surface area contributed by atoms with Crippen LogP contribution in [0.1, 0.15) is 20.3 Å². The number of alkyl carbamates (subject to hydrolysis) is 1. The molecule has 0 saturated carbocycles. The Morgan fingerprint density at radius 3 is 2.82 bits per heavy atom. The largest absolute Gasteiger partial charge is 0.447 e. The number of ether oxygens (including phenoxy) is 1. The first-order chi connectivity index (χ1) is 5.20. The van der Waals surface area contributed by atoms with E-state index < -0.39 is 6.09 Å². The summed E-state index contributed by atoms with van der Waals surface area (Å²) in [6.07, 6.45) is 0.750. The Kier molecular flexibility index (Phi) is 5.15. The van der Waals surface area contributed by atoms with Crippen LogP contribution < -0.4 is 5.32 Å². The number of hydrogen-bond donors (Lipinski definition) is 1. The fourth-order valence-electron chi connectivity index (χ4n) is 0.433. The topological polar surface area (TPSA) is 55.4 Å². The van der Waals surface area contributed by atoms with E-state index in [1.165, 1.54) is 0 Å². The highest BCUT2D eigenvalue weighted by molar-refractivity contribution is 5.70. The minimum Gasteiger partial charge on any atom is -0.447 e. The van der Waals surface area contributed by atoms with Gasteiger partial charge in [-0.15, -0.1) is 0 Å². The van der Waals surface area contributed by atoms with E-state index in [1.54, 1.807) is 6.92 Å². The summed E-state index contributed by atoms with van der Waals surface area (Å²) in [6.45, 7) is 3.72. The molecule has 4 heteroatoms. The SMILES string of the molecule is CCC(C)OC(=O)NCC=O. The van der Waals surface area contributed by atoms with Crippen LogP contribution in [-0.4, -0.2) is 25.0 Å². The van der Waals surface area contributed by atoms with E-state index in [1.807, 2.05) is 6.92 Å². The zero-order chi connectivity index (χ0) is 8.69. The molecule has 1 amide bonds. The molecule has 0 aromatic carbocycles. The zero-order valence-electron chi connectivity index (χ0n) is 6.79. The third kappa shape index (κ3) is 5.39. The molecule has 0 aliphatic rings. The third-order valence-electron chi connectivity index (χ3n) is 1.21. The number of amides is 1. The molecule has 1 N–H and O–H groups in total. The highest BCUT2D eigenvalue weighted by Gasteiger charge is 2.04. The summed E-state index contributed by atoms with van der Waals surface area (Å²) >= 11 is 0. The van der Waals surface area contributed by atoms with Crippen molar-refractivity contribution in [3.05, 3.63) is 0 Å². The highest BCUT2D eigenvalue weighted by atomic mass is 16.6. The third-order valence-corrected chi connectivity index (χ3v) is 1.21. The predicted molar refractivity (Wildman–Crippen MR) is 40.3 cm³/mol. The molecular formula is C7H13NO3. The lowest BCUT2D eigenvalue weighted by molar-refractivity contribution is -0.107. The van der Waals surface area contributed by atoms with Gasteiger partial charge < -0.3 is 14.8 Å². The monoisotopic (exact) mass is 159 g/mol. The van der Waals surface area contributed by atoms with Gasteiger partial charge in [0.1, 0.15) is 12.4 Å². The van der Waals surface area contributed by atoms with Crippen molar-refractivity contribution in [2.24, 2.45) is 0 Å². The molecule has 1 atom stereocenters. The fraction of sp³-hybridized carbons (Fsp3) is 0.714. The van der Waals surface area contributed by atoms with Crippen molar-refractivity contribution in [2.45, 2.75) is 26.4 Å². The van der Waals surface area contributed by atoms with Crippen LogP contribution in [0, 0.1) is 0 Å². The minimum absolute atomic E-state index is 0.00919. The van der Waals surface area contributed by atoms with Crippen molar-refractivity contribution >= 4 is 12.4 Å². The molecule has 64 valence electrons. The van der Waals surface area contributed by atoms with Crippen molar-refractivity contribution in [2.75, 3.05) is 6.54 Å². The minimum atomic E-state index is -0.536. The van der Waals surface area contributed by atoms with Crippen molar-refractivity contribution in [3.63, 3.8) is 0 Å². The van der Waals surface area contributed by atoms with Gasteiger partial charge in [-0.25, -0.2) is 4.79 Å². The number of nitrogens with one attached hydrogen (secondary N) is 1. The fourth-order valence-corrected chi connectivity index (χ4v) is 0.433. The first kappa shape index (κ1) is 9.94. The van der Waals surface area contributed by atoms with Gasteiger partial charge in [0.05, 0.1) is 6.54 Å². The second-order valence-corrected chi connectivity index (χ2v) is 2.17. The van der Waals surface area contributed by atoms with Crippen molar-refractivity contribution in [1.82, 2.24) is 5.32 Å². The number of hydrogen-bond acceptors (Lipinski definition) is 3. The van der Waals surface area contributed by atoms with Crippen LogP contribution in [-0.2, 0) is 9.53 Å². The van der Waals surface area contributed by atoms with Gasteiger partial charge in [0.15, 0.2) is 0 Å². The Balaban J connectivity index is 3.43. The van der Waals surface area contributed by atoms with E-state index in [9.17, 15) is 9.59 Å². The van der Waals surface area contributed by atoms with E-state index in [2.05, 4.69) is 5.32 Å². The Bertz CT molecular complexity index is 136. The summed E-state index contributed by atoms with van der Waals surface area (Å²) in [5, 5.41) is 2.27. The average Bonchev–Trinajstić information content (AvgIpc) is 2.00. The van der Waals surface area contributed by atoms with Gasteiger partial charge in [-0.05, 0) is 13.3 Å². The molecule has 1 unspecified atom stereocenters. The van der Waals surface area contributed by atoms with Crippen LogP contribution in [0.3, 0.4) is 0 Å². The molecule has 11 heavy (non-hydrogen) atoms. The normalized spacial score (nSPS) is 11.8. The molecule has 0 fully saturated rings. The van der Waals surface area contributed by atoms with E-state index in [0.717, 1.165) is 6.42 Å². The van der Waals surface area contributed by atoms with Gasteiger partial charge in [0.25, 0.3) is 0 Å². The standard InChI is InChI=1S/C7H13NO3/c1-3-6(2)11-7(10)8-4-5-9/h5-6H,3-4H2,1-2H3,(H,8,10). The van der Waals surface area contributed by atoms with Gasteiger partial charge in [-0.2, -0.15) is 0 Å². The number of carbonyl (C=O) groups is 2. The second kappa shape index (κ2) is 5.70. The summed E-state index contributed by atoms with van der Waals surface area (Å²) in [7, 11) is 0. The highest BCUT2D eigenvalue weighted by Crippen LogP contribution is 1.94. The molecule has 4 nitrogen and oxygen atoms in total. The summed E-state index contributed by atoms with van der Waals surface area (Å²) in [6, 6.07) is 0. The lowest BCUT2D eigenvalue weighted by Crippen LogP contribution is -2.28. The Morgan fingerprint density at radius 2 is 2.36 bits per heavy atom. The van der Waals surface area contributed by atoms with Crippen LogP contribution in [0.5, 0.6) is 0 Å². The first-order valence-electron chi connectivity index (χ1n) is 3.58. The summed E-state index contributed by atoms with van der Waals surface area (Å²) in [4.78, 5) is 20.5. The molecule has 0 heterocycles. The molecule has 0 spiro atoms. The molecule has 0 aromatic heterocycles. The summed E-state index contributed by atoms with van der Waals surface area (Å²) in [5.41, 5.74) is 0. The Labute approximate surface area is 65.9 Å². The van der Waals surface area contributed by atoms with Gasteiger partial charge in [-0.1, -0.05) is 6.92 Å². The van der Waals surface area contributed by atoms with Crippen LogP contribution in [0.2, 0.25) is 0 Å². The van der Waals surface area contributed by atoms with E-state index in [4.69, 9.17) is 4.74 Å². The molecule has 0 aliphatic carbocycles. The van der Waals surface area contributed by atoms with Crippen molar-refractivity contribution < 1.29 is 14.3 Å². The molecule has 0 saturated heterocycles. The molecule has 0 radical (unpaired) electrons. The van der Waals surface area contributed by atoms with Gasteiger partial charge in [0.2, 0.25) is 0 Å². The zero-order valence-corrected chi connectivity index (χ0v) is 6.79. The maximum absolute atomic E-state index is 10.7. The van der Waals surface area contributed by atoms with Gasteiger partial charge in [0, 0.05) is 0 Å². The number of rotatable bonds is 4. The van der Waals surface area contributed by atoms with Crippen LogP contribution in [0.4, 0.5) is 4.79 Å². The summed E-state index contributed by atoms with van der Waals surface area (Å²) < 4.78 is 4.79. The molecular weight excluding hydrogens is 146 g/mol. The Morgan fingerprint density at radius 1 is 1.73 bits per heavy atom. The smallest absolute Gasteiger partial charge is 0.407 e. The molecule has 0 aromatic rings. The van der Waals surface area contributed by atoms with Crippen molar-refractivity contribution in [3.8, 4) is 0 Å².